The fourth-order valence-corrected chi connectivity index (χ4v) is 3.72. The Morgan fingerprint density at radius 2 is 1.91 bits per heavy atom. The van der Waals surface area contributed by atoms with Crippen LogP contribution in [-0.2, 0) is 11.3 Å². The fraction of sp³-hybridized carbons (Fsp3) is 0.611. The zero-order valence-electron chi connectivity index (χ0n) is 13.7. The molecule has 4 nitrogen and oxygen atoms in total. The highest BCUT2D eigenvalue weighted by molar-refractivity contribution is 5.74. The average Bonchev–Trinajstić information content (AvgIpc) is 2.97. The monoisotopic (exact) mass is 302 g/mol. The van der Waals surface area contributed by atoms with Crippen LogP contribution in [0, 0.1) is 5.41 Å². The van der Waals surface area contributed by atoms with Gasteiger partial charge in [-0.15, -0.1) is 0 Å². The minimum absolute atomic E-state index is 0.0923. The van der Waals surface area contributed by atoms with Crippen molar-refractivity contribution in [2.45, 2.75) is 51.7 Å². The van der Waals surface area contributed by atoms with Gasteiger partial charge in [0.15, 0.2) is 0 Å². The molecule has 2 amide bonds. The number of urea groups is 1. The van der Waals surface area contributed by atoms with Gasteiger partial charge in [0.1, 0.15) is 0 Å². The second-order valence-corrected chi connectivity index (χ2v) is 7.57. The van der Waals surface area contributed by atoms with E-state index in [4.69, 9.17) is 4.74 Å². The molecule has 2 saturated heterocycles. The molecule has 0 atom stereocenters. The Balaban J connectivity index is 1.41. The van der Waals surface area contributed by atoms with E-state index >= 15 is 0 Å². The van der Waals surface area contributed by atoms with E-state index in [0.717, 1.165) is 25.0 Å². The van der Waals surface area contributed by atoms with Crippen molar-refractivity contribution in [3.63, 3.8) is 0 Å². The highest BCUT2D eigenvalue weighted by Crippen LogP contribution is 2.57. The third-order valence-electron chi connectivity index (χ3n) is 4.90. The summed E-state index contributed by atoms with van der Waals surface area (Å²) in [5.74, 6) is 0.532. The molecular weight excluding hydrogens is 276 g/mol. The van der Waals surface area contributed by atoms with Gasteiger partial charge in [-0.1, -0.05) is 45.0 Å². The van der Waals surface area contributed by atoms with Crippen molar-refractivity contribution in [1.29, 1.82) is 0 Å². The SMILES string of the molecule is CC(C)c1ccc(CNC(=O)NCC23CC(C)(CO2)C3)cc1. The fourth-order valence-electron chi connectivity index (χ4n) is 3.72. The van der Waals surface area contributed by atoms with E-state index in [1.165, 1.54) is 5.56 Å². The van der Waals surface area contributed by atoms with E-state index in [1.54, 1.807) is 0 Å². The highest BCUT2D eigenvalue weighted by Gasteiger charge is 2.59. The second kappa shape index (κ2) is 5.58. The van der Waals surface area contributed by atoms with Crippen LogP contribution in [0.4, 0.5) is 4.79 Å². The minimum Gasteiger partial charge on any atom is -0.373 e. The van der Waals surface area contributed by atoms with Crippen LogP contribution in [0.5, 0.6) is 0 Å². The first-order valence-corrected chi connectivity index (χ1v) is 8.14. The lowest BCUT2D eigenvalue weighted by molar-refractivity contribution is -0.00779. The van der Waals surface area contributed by atoms with Crippen molar-refractivity contribution in [3.8, 4) is 0 Å². The van der Waals surface area contributed by atoms with Crippen LogP contribution < -0.4 is 10.6 Å². The van der Waals surface area contributed by atoms with Gasteiger partial charge in [0, 0.05) is 13.1 Å². The lowest BCUT2D eigenvalue weighted by Gasteiger charge is -2.42. The van der Waals surface area contributed by atoms with E-state index < -0.39 is 0 Å². The van der Waals surface area contributed by atoms with Crippen LogP contribution in [0.3, 0.4) is 0 Å². The normalized spacial score (nSPS) is 29.3. The Bertz CT molecular complexity index is 545. The Morgan fingerprint density at radius 1 is 1.23 bits per heavy atom. The van der Waals surface area contributed by atoms with Gasteiger partial charge in [-0.2, -0.15) is 0 Å². The van der Waals surface area contributed by atoms with Crippen molar-refractivity contribution in [1.82, 2.24) is 10.6 Å². The van der Waals surface area contributed by atoms with E-state index in [-0.39, 0.29) is 11.6 Å². The van der Waals surface area contributed by atoms with E-state index in [0.29, 0.717) is 24.4 Å². The van der Waals surface area contributed by atoms with Gasteiger partial charge in [-0.05, 0) is 35.3 Å². The lowest BCUT2D eigenvalue weighted by atomic mass is 9.64. The van der Waals surface area contributed by atoms with Crippen molar-refractivity contribution in [2.75, 3.05) is 13.2 Å². The molecule has 2 heterocycles. The molecule has 22 heavy (non-hydrogen) atoms. The van der Waals surface area contributed by atoms with Crippen LogP contribution in [0.15, 0.2) is 24.3 Å². The first-order chi connectivity index (χ1) is 10.4. The zero-order valence-corrected chi connectivity index (χ0v) is 13.7. The summed E-state index contributed by atoms with van der Waals surface area (Å²) in [4.78, 5) is 11.9. The maximum absolute atomic E-state index is 11.9. The number of carbonyl (C=O) groups excluding carboxylic acids is 1. The summed E-state index contributed by atoms with van der Waals surface area (Å²) in [5.41, 5.74) is 2.70. The molecule has 2 aliphatic heterocycles. The molecule has 1 aromatic rings. The summed E-state index contributed by atoms with van der Waals surface area (Å²) in [6.07, 6.45) is 2.13. The number of rotatable bonds is 5. The average molecular weight is 302 g/mol. The maximum atomic E-state index is 11.9. The molecule has 3 aliphatic rings. The predicted molar refractivity (Wildman–Crippen MR) is 86.8 cm³/mol. The molecule has 3 fully saturated rings. The summed E-state index contributed by atoms with van der Waals surface area (Å²) < 4.78 is 5.82. The number of ether oxygens (including phenoxy) is 1. The summed E-state index contributed by atoms with van der Waals surface area (Å²) >= 11 is 0. The van der Waals surface area contributed by atoms with Crippen LogP contribution in [0.2, 0.25) is 0 Å². The molecule has 1 aromatic carbocycles. The Morgan fingerprint density at radius 3 is 2.45 bits per heavy atom. The summed E-state index contributed by atoms with van der Waals surface area (Å²) in [5, 5.41) is 5.86. The number of hydrogen-bond donors (Lipinski definition) is 2. The minimum atomic E-state index is -0.119. The molecular formula is C18H26N2O2. The summed E-state index contributed by atoms with van der Waals surface area (Å²) in [6.45, 7) is 8.60. The molecule has 1 aliphatic carbocycles. The Kier molecular flexibility index (Phi) is 3.89. The topological polar surface area (TPSA) is 50.4 Å². The third kappa shape index (κ3) is 3.12. The Labute approximate surface area is 132 Å². The lowest BCUT2D eigenvalue weighted by Crippen LogP contribution is -2.52. The molecule has 1 saturated carbocycles. The van der Waals surface area contributed by atoms with Gasteiger partial charge < -0.3 is 15.4 Å². The molecule has 0 radical (unpaired) electrons. The predicted octanol–water partition coefficient (Wildman–Crippen LogP) is 3.18. The van der Waals surface area contributed by atoms with Crippen LogP contribution in [0.1, 0.15) is 50.7 Å². The molecule has 2 bridgehead atoms. The van der Waals surface area contributed by atoms with Gasteiger partial charge in [0.05, 0.1) is 12.2 Å². The molecule has 4 rings (SSSR count). The Hall–Kier alpha value is -1.55. The van der Waals surface area contributed by atoms with Gasteiger partial charge in [-0.3, -0.25) is 0 Å². The van der Waals surface area contributed by atoms with Gasteiger partial charge in [0.25, 0.3) is 0 Å². The third-order valence-corrected chi connectivity index (χ3v) is 4.90. The van der Waals surface area contributed by atoms with Crippen molar-refractivity contribution < 1.29 is 9.53 Å². The first kappa shape index (κ1) is 15.3. The smallest absolute Gasteiger partial charge is 0.315 e. The number of nitrogens with one attached hydrogen (secondary N) is 2. The van der Waals surface area contributed by atoms with Crippen molar-refractivity contribution >= 4 is 6.03 Å². The van der Waals surface area contributed by atoms with Crippen LogP contribution in [0.25, 0.3) is 0 Å². The van der Waals surface area contributed by atoms with Gasteiger partial charge in [-0.25, -0.2) is 4.79 Å². The molecule has 0 unspecified atom stereocenters. The molecule has 0 spiro atoms. The number of fused-ring (bicyclic) bond motifs is 1. The van der Waals surface area contributed by atoms with Crippen LogP contribution in [-0.4, -0.2) is 24.8 Å². The molecule has 120 valence electrons. The molecule has 4 heteroatoms. The van der Waals surface area contributed by atoms with Crippen molar-refractivity contribution in [2.24, 2.45) is 5.41 Å². The van der Waals surface area contributed by atoms with Gasteiger partial charge >= 0.3 is 6.03 Å². The molecule has 0 aromatic heterocycles. The quantitative estimate of drug-likeness (QED) is 0.877. The number of amides is 2. The zero-order chi connectivity index (χ0) is 15.8. The first-order valence-electron chi connectivity index (χ1n) is 8.14. The largest absolute Gasteiger partial charge is 0.373 e. The van der Waals surface area contributed by atoms with E-state index in [2.05, 4.69) is 55.7 Å². The molecule has 2 N–H and O–H groups in total. The second-order valence-electron chi connectivity index (χ2n) is 7.57. The number of carbonyl (C=O) groups is 1. The number of hydrogen-bond acceptors (Lipinski definition) is 2. The standard InChI is InChI=1S/C18H26N2O2/c1-13(2)15-6-4-14(5-7-15)8-19-16(21)20-11-18-9-17(3,10-18)12-22-18/h4-7,13H,8-12H2,1-3H3,(H2,19,20,21). The number of benzene rings is 1. The highest BCUT2D eigenvalue weighted by atomic mass is 16.5. The van der Waals surface area contributed by atoms with Crippen LogP contribution >= 0.6 is 0 Å². The maximum Gasteiger partial charge on any atom is 0.315 e. The van der Waals surface area contributed by atoms with E-state index in [9.17, 15) is 4.79 Å². The summed E-state index contributed by atoms with van der Waals surface area (Å²) in [7, 11) is 0. The van der Waals surface area contributed by atoms with E-state index in [1.807, 2.05) is 0 Å². The van der Waals surface area contributed by atoms with Gasteiger partial charge in [0.2, 0.25) is 0 Å². The van der Waals surface area contributed by atoms with Crippen molar-refractivity contribution in [3.05, 3.63) is 35.4 Å². The summed E-state index contributed by atoms with van der Waals surface area (Å²) in [6, 6.07) is 8.28.